The Morgan fingerprint density at radius 2 is 2.12 bits per heavy atom. The molecule has 0 aliphatic heterocycles. The predicted octanol–water partition coefficient (Wildman–Crippen LogP) is 2.01. The lowest BCUT2D eigenvalue weighted by Gasteiger charge is -2.17. The largest absolute Gasteiger partial charge is 0.326 e. The zero-order chi connectivity index (χ0) is 11.4. The van der Waals surface area contributed by atoms with Gasteiger partial charge in [0.15, 0.2) is 0 Å². The summed E-state index contributed by atoms with van der Waals surface area (Å²) < 4.78 is 0. The molecule has 1 aliphatic rings. The van der Waals surface area contributed by atoms with Gasteiger partial charge in [-0.1, -0.05) is 30.7 Å². The summed E-state index contributed by atoms with van der Waals surface area (Å²) in [6, 6.07) is 9.52. The second-order valence-electron chi connectivity index (χ2n) is 4.83. The molecule has 0 spiro atoms. The summed E-state index contributed by atoms with van der Waals surface area (Å²) in [4.78, 5) is 0. The van der Waals surface area contributed by atoms with E-state index in [9.17, 15) is 0 Å². The molecule has 2 unspecified atom stereocenters. The maximum absolute atomic E-state index is 6.03. The van der Waals surface area contributed by atoms with Crippen molar-refractivity contribution in [2.75, 3.05) is 6.54 Å². The van der Waals surface area contributed by atoms with E-state index in [1.54, 1.807) is 0 Å². The third-order valence-corrected chi connectivity index (χ3v) is 3.63. The number of aryl methyl sites for hydroxylation is 1. The number of hydrogen-bond acceptors (Lipinski definition) is 2. The first-order valence-corrected chi connectivity index (χ1v) is 6.31. The molecular formula is C14H22N2. The minimum atomic E-state index is 0.372. The van der Waals surface area contributed by atoms with Crippen LogP contribution in [0.4, 0.5) is 0 Å². The van der Waals surface area contributed by atoms with Crippen molar-refractivity contribution in [1.29, 1.82) is 0 Å². The van der Waals surface area contributed by atoms with Crippen LogP contribution in [0.2, 0.25) is 0 Å². The van der Waals surface area contributed by atoms with Crippen LogP contribution in [0.15, 0.2) is 24.3 Å². The first-order chi connectivity index (χ1) is 7.77. The number of nitrogens with two attached hydrogens (primary N) is 1. The van der Waals surface area contributed by atoms with Crippen LogP contribution >= 0.6 is 0 Å². The molecule has 0 heterocycles. The maximum atomic E-state index is 6.03. The van der Waals surface area contributed by atoms with E-state index in [1.807, 2.05) is 0 Å². The van der Waals surface area contributed by atoms with E-state index in [-0.39, 0.29) is 0 Å². The smallest absolute Gasteiger partial charge is 0.0219 e. The molecule has 0 amide bonds. The molecule has 2 heteroatoms. The van der Waals surface area contributed by atoms with Crippen LogP contribution in [0, 0.1) is 6.92 Å². The molecule has 2 nitrogen and oxygen atoms in total. The SMILES string of the molecule is Cc1ccccc1CCNC1CCCC1N. The van der Waals surface area contributed by atoms with Crippen LogP contribution in [-0.2, 0) is 6.42 Å². The molecule has 1 saturated carbocycles. The summed E-state index contributed by atoms with van der Waals surface area (Å²) in [7, 11) is 0. The van der Waals surface area contributed by atoms with Crippen molar-refractivity contribution in [3.63, 3.8) is 0 Å². The molecule has 1 aromatic rings. The molecule has 0 saturated heterocycles. The Labute approximate surface area is 98.2 Å². The average molecular weight is 218 g/mol. The highest BCUT2D eigenvalue weighted by atomic mass is 15.0. The topological polar surface area (TPSA) is 38.0 Å². The lowest BCUT2D eigenvalue weighted by atomic mass is 10.1. The third-order valence-electron chi connectivity index (χ3n) is 3.63. The molecule has 16 heavy (non-hydrogen) atoms. The van der Waals surface area contributed by atoms with Gasteiger partial charge in [0, 0.05) is 12.1 Å². The lowest BCUT2D eigenvalue weighted by molar-refractivity contribution is 0.479. The van der Waals surface area contributed by atoms with Crippen LogP contribution in [0.5, 0.6) is 0 Å². The predicted molar refractivity (Wildman–Crippen MR) is 68.5 cm³/mol. The fourth-order valence-electron chi connectivity index (χ4n) is 2.52. The third kappa shape index (κ3) is 2.83. The Bertz CT molecular complexity index is 335. The molecule has 1 aromatic carbocycles. The molecule has 0 radical (unpaired) electrons. The summed E-state index contributed by atoms with van der Waals surface area (Å²) in [5, 5.41) is 3.58. The Morgan fingerprint density at radius 3 is 2.81 bits per heavy atom. The van der Waals surface area contributed by atoms with Gasteiger partial charge < -0.3 is 11.1 Å². The molecule has 0 bridgehead atoms. The quantitative estimate of drug-likeness (QED) is 0.811. The summed E-state index contributed by atoms with van der Waals surface area (Å²) in [6.07, 6.45) is 4.82. The fraction of sp³-hybridized carbons (Fsp3) is 0.571. The highest BCUT2D eigenvalue weighted by Gasteiger charge is 2.22. The van der Waals surface area contributed by atoms with Crippen molar-refractivity contribution in [3.05, 3.63) is 35.4 Å². The Hall–Kier alpha value is -0.860. The minimum absolute atomic E-state index is 0.372. The van der Waals surface area contributed by atoms with Gasteiger partial charge in [0.25, 0.3) is 0 Å². The molecule has 2 atom stereocenters. The number of nitrogens with one attached hydrogen (secondary N) is 1. The van der Waals surface area contributed by atoms with E-state index < -0.39 is 0 Å². The minimum Gasteiger partial charge on any atom is -0.326 e. The van der Waals surface area contributed by atoms with E-state index in [0.717, 1.165) is 13.0 Å². The highest BCUT2D eigenvalue weighted by molar-refractivity contribution is 5.25. The monoisotopic (exact) mass is 218 g/mol. The van der Waals surface area contributed by atoms with Gasteiger partial charge in [-0.3, -0.25) is 0 Å². The van der Waals surface area contributed by atoms with Gasteiger partial charge in [0.2, 0.25) is 0 Å². The van der Waals surface area contributed by atoms with Gasteiger partial charge in [-0.15, -0.1) is 0 Å². The standard InChI is InChI=1S/C14H22N2/c1-11-5-2-3-6-12(11)9-10-16-14-8-4-7-13(14)15/h2-3,5-6,13-14,16H,4,7-10,15H2,1H3. The summed E-state index contributed by atoms with van der Waals surface area (Å²) in [6.45, 7) is 3.22. The van der Waals surface area contributed by atoms with Crippen molar-refractivity contribution < 1.29 is 0 Å². The normalized spacial score (nSPS) is 24.9. The fourth-order valence-corrected chi connectivity index (χ4v) is 2.52. The van der Waals surface area contributed by atoms with Crippen molar-refractivity contribution >= 4 is 0 Å². The van der Waals surface area contributed by atoms with E-state index in [4.69, 9.17) is 5.73 Å². The van der Waals surface area contributed by atoms with Gasteiger partial charge in [-0.2, -0.15) is 0 Å². The van der Waals surface area contributed by atoms with Crippen molar-refractivity contribution in [2.45, 2.75) is 44.7 Å². The molecule has 1 aliphatic carbocycles. The van der Waals surface area contributed by atoms with Crippen molar-refractivity contribution in [2.24, 2.45) is 5.73 Å². The first-order valence-electron chi connectivity index (χ1n) is 6.31. The highest BCUT2D eigenvalue weighted by Crippen LogP contribution is 2.17. The Kier molecular flexibility index (Phi) is 3.97. The second-order valence-corrected chi connectivity index (χ2v) is 4.83. The number of benzene rings is 1. The molecular weight excluding hydrogens is 196 g/mol. The van der Waals surface area contributed by atoms with Gasteiger partial charge in [0.05, 0.1) is 0 Å². The lowest BCUT2D eigenvalue weighted by Crippen LogP contribution is -2.41. The van der Waals surface area contributed by atoms with E-state index in [1.165, 1.54) is 30.4 Å². The van der Waals surface area contributed by atoms with Crippen LogP contribution in [0.1, 0.15) is 30.4 Å². The second kappa shape index (κ2) is 5.46. The zero-order valence-electron chi connectivity index (χ0n) is 10.1. The summed E-state index contributed by atoms with van der Waals surface area (Å²) in [5.74, 6) is 0. The van der Waals surface area contributed by atoms with E-state index >= 15 is 0 Å². The zero-order valence-corrected chi connectivity index (χ0v) is 10.1. The van der Waals surface area contributed by atoms with Gasteiger partial charge in [0.1, 0.15) is 0 Å². The number of hydrogen-bond donors (Lipinski definition) is 2. The van der Waals surface area contributed by atoms with Crippen molar-refractivity contribution in [3.8, 4) is 0 Å². The summed E-state index contributed by atoms with van der Waals surface area (Å²) >= 11 is 0. The molecule has 88 valence electrons. The van der Waals surface area contributed by atoms with Gasteiger partial charge in [-0.05, 0) is 43.9 Å². The Balaban J connectivity index is 1.78. The van der Waals surface area contributed by atoms with Crippen LogP contribution in [0.25, 0.3) is 0 Å². The van der Waals surface area contributed by atoms with Crippen LogP contribution in [-0.4, -0.2) is 18.6 Å². The number of rotatable bonds is 4. The maximum Gasteiger partial charge on any atom is 0.0219 e. The molecule has 0 aromatic heterocycles. The average Bonchev–Trinajstić information content (AvgIpc) is 2.67. The van der Waals surface area contributed by atoms with Gasteiger partial charge >= 0.3 is 0 Å². The van der Waals surface area contributed by atoms with E-state index in [0.29, 0.717) is 12.1 Å². The van der Waals surface area contributed by atoms with Crippen molar-refractivity contribution in [1.82, 2.24) is 5.32 Å². The molecule has 2 rings (SSSR count). The first kappa shape index (κ1) is 11.6. The Morgan fingerprint density at radius 1 is 1.31 bits per heavy atom. The van der Waals surface area contributed by atoms with E-state index in [2.05, 4.69) is 36.5 Å². The van der Waals surface area contributed by atoms with Crippen LogP contribution < -0.4 is 11.1 Å². The summed E-state index contributed by atoms with van der Waals surface area (Å²) in [5.41, 5.74) is 8.86. The molecule has 3 N–H and O–H groups in total. The van der Waals surface area contributed by atoms with Gasteiger partial charge in [-0.25, -0.2) is 0 Å². The van der Waals surface area contributed by atoms with Crippen LogP contribution in [0.3, 0.4) is 0 Å². The molecule has 1 fully saturated rings.